The molecule has 1 aromatic carbocycles. The molecule has 0 bridgehead atoms. The standard InChI is InChI=1S/C18H23NO2/c1-13-5-7-15(10-13)12-19-18(21)17-8-6-14(2)11-16(17)4-3-9-20/h6,8,11,13,15,20H,5,7,9-10,12H2,1-2H3,(H,19,21). The van der Waals surface area contributed by atoms with Crippen molar-refractivity contribution in [2.75, 3.05) is 13.2 Å². The largest absolute Gasteiger partial charge is 0.384 e. The van der Waals surface area contributed by atoms with Crippen LogP contribution in [-0.4, -0.2) is 24.2 Å². The Hall–Kier alpha value is -1.79. The summed E-state index contributed by atoms with van der Waals surface area (Å²) in [4.78, 5) is 12.3. The van der Waals surface area contributed by atoms with Gasteiger partial charge in [-0.1, -0.05) is 31.3 Å². The van der Waals surface area contributed by atoms with Crippen molar-refractivity contribution >= 4 is 5.91 Å². The van der Waals surface area contributed by atoms with Gasteiger partial charge in [0, 0.05) is 12.1 Å². The van der Waals surface area contributed by atoms with Crippen molar-refractivity contribution in [3.63, 3.8) is 0 Å². The van der Waals surface area contributed by atoms with Crippen LogP contribution in [0.2, 0.25) is 0 Å². The van der Waals surface area contributed by atoms with E-state index in [0.717, 1.165) is 18.0 Å². The third-order valence-corrected chi connectivity index (χ3v) is 4.08. The Morgan fingerprint density at radius 3 is 2.90 bits per heavy atom. The molecule has 0 aromatic heterocycles. The van der Waals surface area contributed by atoms with Gasteiger partial charge in [0.25, 0.3) is 5.91 Å². The Kier molecular flexibility index (Phi) is 5.41. The zero-order valence-electron chi connectivity index (χ0n) is 12.8. The molecule has 0 spiro atoms. The summed E-state index contributed by atoms with van der Waals surface area (Å²) >= 11 is 0. The smallest absolute Gasteiger partial charge is 0.252 e. The molecule has 0 radical (unpaired) electrons. The molecule has 0 heterocycles. The second-order valence-corrected chi connectivity index (χ2v) is 6.00. The van der Waals surface area contributed by atoms with Gasteiger partial charge >= 0.3 is 0 Å². The topological polar surface area (TPSA) is 49.3 Å². The van der Waals surface area contributed by atoms with E-state index in [0.29, 0.717) is 17.0 Å². The lowest BCUT2D eigenvalue weighted by Crippen LogP contribution is -2.29. The minimum Gasteiger partial charge on any atom is -0.384 e. The summed E-state index contributed by atoms with van der Waals surface area (Å²) in [5.74, 6) is 6.78. The van der Waals surface area contributed by atoms with E-state index in [1.807, 2.05) is 25.1 Å². The lowest BCUT2D eigenvalue weighted by molar-refractivity contribution is 0.0947. The molecule has 2 rings (SSSR count). The molecule has 3 nitrogen and oxygen atoms in total. The SMILES string of the molecule is Cc1ccc(C(=O)NCC2CCC(C)C2)c(C#CCO)c1. The van der Waals surface area contributed by atoms with Crippen molar-refractivity contribution in [3.8, 4) is 11.8 Å². The van der Waals surface area contributed by atoms with Crippen LogP contribution in [0, 0.1) is 30.6 Å². The number of aryl methyl sites for hydroxylation is 1. The predicted octanol–water partition coefficient (Wildman–Crippen LogP) is 2.50. The van der Waals surface area contributed by atoms with Crippen molar-refractivity contribution in [1.82, 2.24) is 5.32 Å². The highest BCUT2D eigenvalue weighted by atomic mass is 16.2. The van der Waals surface area contributed by atoms with Gasteiger partial charge in [0.1, 0.15) is 6.61 Å². The van der Waals surface area contributed by atoms with Crippen LogP contribution in [0.3, 0.4) is 0 Å². The number of carbonyl (C=O) groups excluding carboxylic acids is 1. The fourth-order valence-corrected chi connectivity index (χ4v) is 2.94. The third-order valence-electron chi connectivity index (χ3n) is 4.08. The monoisotopic (exact) mass is 285 g/mol. The van der Waals surface area contributed by atoms with E-state index in [-0.39, 0.29) is 12.5 Å². The van der Waals surface area contributed by atoms with Crippen molar-refractivity contribution in [1.29, 1.82) is 0 Å². The van der Waals surface area contributed by atoms with E-state index in [1.54, 1.807) is 0 Å². The van der Waals surface area contributed by atoms with E-state index in [9.17, 15) is 4.79 Å². The summed E-state index contributed by atoms with van der Waals surface area (Å²) in [5, 5.41) is 11.9. The van der Waals surface area contributed by atoms with Gasteiger partial charge < -0.3 is 10.4 Å². The number of amides is 1. The number of benzene rings is 1. The highest BCUT2D eigenvalue weighted by Crippen LogP contribution is 2.29. The van der Waals surface area contributed by atoms with Gasteiger partial charge in [0.2, 0.25) is 0 Å². The number of hydrogen-bond donors (Lipinski definition) is 2. The summed E-state index contributed by atoms with van der Waals surface area (Å²) in [7, 11) is 0. The van der Waals surface area contributed by atoms with Crippen LogP contribution >= 0.6 is 0 Å². The maximum Gasteiger partial charge on any atom is 0.252 e. The predicted molar refractivity (Wildman–Crippen MR) is 84.0 cm³/mol. The molecule has 112 valence electrons. The van der Waals surface area contributed by atoms with Crippen LogP contribution in [0.1, 0.15) is 47.7 Å². The molecule has 2 unspecified atom stereocenters. The van der Waals surface area contributed by atoms with Crippen molar-refractivity contribution in [2.24, 2.45) is 11.8 Å². The first kappa shape index (κ1) is 15.6. The average Bonchev–Trinajstić information content (AvgIpc) is 2.88. The van der Waals surface area contributed by atoms with E-state index in [2.05, 4.69) is 24.1 Å². The first-order chi connectivity index (χ1) is 10.1. The minimum atomic E-state index is -0.199. The van der Waals surface area contributed by atoms with Crippen molar-refractivity contribution < 1.29 is 9.90 Å². The van der Waals surface area contributed by atoms with Crippen LogP contribution in [0.15, 0.2) is 18.2 Å². The van der Waals surface area contributed by atoms with Gasteiger partial charge in [-0.2, -0.15) is 0 Å². The number of aliphatic hydroxyl groups is 1. The van der Waals surface area contributed by atoms with Gasteiger partial charge in [-0.3, -0.25) is 4.79 Å². The molecular weight excluding hydrogens is 262 g/mol. The molecule has 21 heavy (non-hydrogen) atoms. The molecule has 0 saturated heterocycles. The second kappa shape index (κ2) is 7.28. The van der Waals surface area contributed by atoms with Gasteiger partial charge in [0.15, 0.2) is 0 Å². The van der Waals surface area contributed by atoms with Crippen LogP contribution in [-0.2, 0) is 0 Å². The molecule has 3 heteroatoms. The Morgan fingerprint density at radius 1 is 1.43 bits per heavy atom. The van der Waals surface area contributed by atoms with Crippen LogP contribution < -0.4 is 5.32 Å². The highest BCUT2D eigenvalue weighted by molar-refractivity contribution is 5.96. The molecule has 1 aliphatic rings. The second-order valence-electron chi connectivity index (χ2n) is 6.00. The van der Waals surface area contributed by atoms with Crippen LogP contribution in [0.4, 0.5) is 0 Å². The Labute approximate surface area is 126 Å². The maximum absolute atomic E-state index is 12.3. The number of hydrogen-bond acceptors (Lipinski definition) is 2. The van der Waals surface area contributed by atoms with Crippen LogP contribution in [0.5, 0.6) is 0 Å². The fourth-order valence-electron chi connectivity index (χ4n) is 2.94. The molecular formula is C18H23NO2. The van der Waals surface area contributed by atoms with Gasteiger partial charge in [-0.25, -0.2) is 0 Å². The average molecular weight is 285 g/mol. The first-order valence-corrected chi connectivity index (χ1v) is 7.58. The summed E-state index contributed by atoms with van der Waals surface area (Å²) in [5.41, 5.74) is 2.33. The number of nitrogens with one attached hydrogen (secondary N) is 1. The van der Waals surface area contributed by atoms with Gasteiger partial charge in [0.05, 0.1) is 5.56 Å². The van der Waals surface area contributed by atoms with Crippen molar-refractivity contribution in [3.05, 3.63) is 34.9 Å². The van der Waals surface area contributed by atoms with Crippen LogP contribution in [0.25, 0.3) is 0 Å². The quantitative estimate of drug-likeness (QED) is 0.838. The Bertz CT molecular complexity index is 568. The molecule has 2 N–H and O–H groups in total. The highest BCUT2D eigenvalue weighted by Gasteiger charge is 2.22. The molecule has 1 amide bonds. The number of carbonyl (C=O) groups is 1. The van der Waals surface area contributed by atoms with E-state index < -0.39 is 0 Å². The van der Waals surface area contributed by atoms with E-state index in [1.165, 1.54) is 19.3 Å². The lowest BCUT2D eigenvalue weighted by Gasteiger charge is -2.12. The third kappa shape index (κ3) is 4.34. The summed E-state index contributed by atoms with van der Waals surface area (Å²) in [6.07, 6.45) is 3.66. The zero-order valence-corrected chi connectivity index (χ0v) is 12.8. The molecule has 2 atom stereocenters. The molecule has 1 aliphatic carbocycles. The van der Waals surface area contributed by atoms with Gasteiger partial charge in [-0.15, -0.1) is 0 Å². The fraction of sp³-hybridized carbons (Fsp3) is 0.500. The maximum atomic E-state index is 12.3. The summed E-state index contributed by atoms with van der Waals surface area (Å²) in [6.45, 7) is 4.77. The minimum absolute atomic E-state index is 0.0724. The van der Waals surface area contributed by atoms with Gasteiger partial charge in [-0.05, 0) is 49.3 Å². The zero-order chi connectivity index (χ0) is 15.2. The lowest BCUT2D eigenvalue weighted by atomic mass is 10.0. The number of aliphatic hydroxyl groups excluding tert-OH is 1. The normalized spacial score (nSPS) is 20.7. The number of rotatable bonds is 3. The summed E-state index contributed by atoms with van der Waals surface area (Å²) < 4.78 is 0. The van der Waals surface area contributed by atoms with E-state index >= 15 is 0 Å². The molecule has 1 aromatic rings. The summed E-state index contributed by atoms with van der Waals surface area (Å²) in [6, 6.07) is 5.61. The Balaban J connectivity index is 2.04. The molecule has 1 saturated carbocycles. The molecule has 1 fully saturated rings. The van der Waals surface area contributed by atoms with Crippen molar-refractivity contribution in [2.45, 2.75) is 33.1 Å². The van der Waals surface area contributed by atoms with E-state index in [4.69, 9.17) is 5.11 Å². The Morgan fingerprint density at radius 2 is 2.24 bits per heavy atom. The molecule has 0 aliphatic heterocycles. The first-order valence-electron chi connectivity index (χ1n) is 7.58.